The van der Waals surface area contributed by atoms with Crippen molar-refractivity contribution in [3.63, 3.8) is 0 Å². The Morgan fingerprint density at radius 1 is 1.14 bits per heavy atom. The van der Waals surface area contributed by atoms with Gasteiger partial charge in [0.25, 0.3) is 5.92 Å². The number of benzene rings is 1. The molecule has 1 rings (SSSR count). The zero-order valence-corrected chi connectivity index (χ0v) is 11.0. The molecule has 1 aromatic rings. The summed E-state index contributed by atoms with van der Waals surface area (Å²) in [5, 5.41) is 1.78. The number of nitrogens with two attached hydrogens (primary N) is 1. The third-order valence-corrected chi connectivity index (χ3v) is 2.83. The predicted molar refractivity (Wildman–Crippen MR) is 66.9 cm³/mol. The molecule has 1 amide bonds. The molecule has 0 aliphatic carbocycles. The topological polar surface area (TPSA) is 55.1 Å². The van der Waals surface area contributed by atoms with E-state index in [9.17, 15) is 26.7 Å². The van der Waals surface area contributed by atoms with Crippen LogP contribution in [-0.2, 0) is 4.79 Å². The first kappa shape index (κ1) is 17.4. The number of carbonyl (C=O) groups is 1. The van der Waals surface area contributed by atoms with Crippen LogP contribution in [0.4, 0.5) is 22.0 Å². The molecule has 0 heterocycles. The molecule has 8 heteroatoms. The number of rotatable bonds is 6. The van der Waals surface area contributed by atoms with Crippen LogP contribution >= 0.6 is 0 Å². The Morgan fingerprint density at radius 3 is 2.19 bits per heavy atom. The van der Waals surface area contributed by atoms with Crippen molar-refractivity contribution in [2.75, 3.05) is 13.1 Å². The van der Waals surface area contributed by atoms with Gasteiger partial charge < -0.3 is 11.1 Å². The van der Waals surface area contributed by atoms with E-state index in [-0.39, 0.29) is 5.56 Å². The molecule has 0 radical (unpaired) electrons. The lowest BCUT2D eigenvalue weighted by atomic mass is 9.95. The Balaban J connectivity index is 2.73. The van der Waals surface area contributed by atoms with Crippen LogP contribution in [0.2, 0.25) is 0 Å². The molecule has 0 saturated heterocycles. The fourth-order valence-electron chi connectivity index (χ4n) is 1.67. The minimum absolute atomic E-state index is 0.0919. The Kier molecular flexibility index (Phi) is 5.65. The fraction of sp³-hybridized carbons (Fsp3) is 0.462. The molecule has 1 aromatic carbocycles. The van der Waals surface area contributed by atoms with Gasteiger partial charge in [-0.3, -0.25) is 4.79 Å². The highest BCUT2D eigenvalue weighted by Gasteiger charge is 2.42. The number of alkyl halides is 5. The van der Waals surface area contributed by atoms with Crippen molar-refractivity contribution in [1.29, 1.82) is 0 Å². The summed E-state index contributed by atoms with van der Waals surface area (Å²) in [7, 11) is 0. The van der Waals surface area contributed by atoms with Gasteiger partial charge >= 0.3 is 6.18 Å². The Morgan fingerprint density at radius 2 is 1.71 bits per heavy atom. The lowest BCUT2D eigenvalue weighted by molar-refractivity contribution is -0.157. The molecule has 118 valence electrons. The van der Waals surface area contributed by atoms with Crippen LogP contribution in [0.5, 0.6) is 0 Å². The zero-order valence-electron chi connectivity index (χ0n) is 11.0. The summed E-state index contributed by atoms with van der Waals surface area (Å²) in [5.41, 5.74) is 4.68. The second-order valence-corrected chi connectivity index (χ2v) is 4.55. The smallest absolute Gasteiger partial charge is 0.350 e. The average molecular weight is 310 g/mol. The summed E-state index contributed by atoms with van der Waals surface area (Å²) in [5.74, 6) is -6.48. The first-order chi connectivity index (χ1) is 9.65. The van der Waals surface area contributed by atoms with E-state index in [4.69, 9.17) is 5.73 Å². The van der Waals surface area contributed by atoms with Gasteiger partial charge in [-0.05, 0) is 5.56 Å². The first-order valence-corrected chi connectivity index (χ1v) is 6.12. The van der Waals surface area contributed by atoms with Crippen LogP contribution in [0.25, 0.3) is 0 Å². The summed E-state index contributed by atoms with van der Waals surface area (Å²) in [6.45, 7) is -2.07. The third-order valence-electron chi connectivity index (χ3n) is 2.83. The van der Waals surface area contributed by atoms with Crippen LogP contribution in [0.1, 0.15) is 17.9 Å². The summed E-state index contributed by atoms with van der Waals surface area (Å²) in [6, 6.07) is 6.84. The van der Waals surface area contributed by atoms with Crippen molar-refractivity contribution in [3.05, 3.63) is 35.9 Å². The van der Waals surface area contributed by atoms with Crippen molar-refractivity contribution < 1.29 is 26.7 Å². The third kappa shape index (κ3) is 5.66. The first-order valence-electron chi connectivity index (χ1n) is 6.12. The SMILES string of the molecule is NCC(F)(F)CNC(=O)CC(c1ccccc1)C(F)(F)F. The van der Waals surface area contributed by atoms with Crippen molar-refractivity contribution in [2.24, 2.45) is 5.73 Å². The van der Waals surface area contributed by atoms with Crippen molar-refractivity contribution in [3.8, 4) is 0 Å². The molecule has 21 heavy (non-hydrogen) atoms. The Labute approximate surface area is 118 Å². The standard InChI is InChI=1S/C13H15F5N2O/c14-12(15,7-19)8-20-11(21)6-10(13(16,17)18)9-4-2-1-3-5-9/h1-5,10H,6-8,19H2,(H,20,21). The van der Waals surface area contributed by atoms with E-state index >= 15 is 0 Å². The number of amides is 1. The maximum atomic E-state index is 13.0. The highest BCUT2D eigenvalue weighted by atomic mass is 19.4. The predicted octanol–water partition coefficient (Wildman–Crippen LogP) is 2.43. The summed E-state index contributed by atoms with van der Waals surface area (Å²) >= 11 is 0. The van der Waals surface area contributed by atoms with E-state index in [1.54, 1.807) is 11.4 Å². The van der Waals surface area contributed by atoms with Gasteiger partial charge in [0, 0.05) is 6.42 Å². The second kappa shape index (κ2) is 6.84. The molecule has 1 unspecified atom stereocenters. The monoisotopic (exact) mass is 310 g/mol. The Hall–Kier alpha value is -1.70. The summed E-state index contributed by atoms with van der Waals surface area (Å²) in [6.07, 6.45) is -5.59. The van der Waals surface area contributed by atoms with Crippen molar-refractivity contribution in [2.45, 2.75) is 24.4 Å². The maximum Gasteiger partial charge on any atom is 0.396 e. The number of hydrogen-bond acceptors (Lipinski definition) is 2. The fourth-order valence-corrected chi connectivity index (χ4v) is 1.67. The molecule has 1 atom stereocenters. The minimum atomic E-state index is -4.64. The molecule has 0 aromatic heterocycles. The van der Waals surface area contributed by atoms with E-state index in [1.807, 2.05) is 0 Å². The van der Waals surface area contributed by atoms with Gasteiger partial charge in [0.05, 0.1) is 19.0 Å². The molecule has 3 N–H and O–H groups in total. The van der Waals surface area contributed by atoms with Gasteiger partial charge in [-0.15, -0.1) is 0 Å². The lowest BCUT2D eigenvalue weighted by Gasteiger charge is -2.21. The van der Waals surface area contributed by atoms with E-state index in [0.29, 0.717) is 0 Å². The van der Waals surface area contributed by atoms with Crippen LogP contribution in [0.3, 0.4) is 0 Å². The molecule has 0 saturated carbocycles. The highest BCUT2D eigenvalue weighted by Crippen LogP contribution is 2.37. The summed E-state index contributed by atoms with van der Waals surface area (Å²) in [4.78, 5) is 11.5. The molecule has 0 aliphatic rings. The van der Waals surface area contributed by atoms with Crippen molar-refractivity contribution >= 4 is 5.91 Å². The largest absolute Gasteiger partial charge is 0.396 e. The van der Waals surface area contributed by atoms with Crippen LogP contribution < -0.4 is 11.1 Å². The molecular weight excluding hydrogens is 295 g/mol. The van der Waals surface area contributed by atoms with E-state index in [0.717, 1.165) is 0 Å². The highest BCUT2D eigenvalue weighted by molar-refractivity contribution is 5.77. The van der Waals surface area contributed by atoms with E-state index < -0.39 is 43.4 Å². The zero-order chi connectivity index (χ0) is 16.1. The molecule has 0 aliphatic heterocycles. The van der Waals surface area contributed by atoms with Crippen LogP contribution in [0.15, 0.2) is 30.3 Å². The van der Waals surface area contributed by atoms with Crippen LogP contribution in [-0.4, -0.2) is 31.1 Å². The van der Waals surface area contributed by atoms with Gasteiger partial charge in [0.2, 0.25) is 5.91 Å². The number of nitrogens with one attached hydrogen (secondary N) is 1. The lowest BCUT2D eigenvalue weighted by Crippen LogP contribution is -2.42. The second-order valence-electron chi connectivity index (χ2n) is 4.55. The van der Waals surface area contributed by atoms with Gasteiger partial charge in [-0.1, -0.05) is 30.3 Å². The molecule has 3 nitrogen and oxygen atoms in total. The molecular formula is C13H15F5N2O. The molecule has 0 bridgehead atoms. The van der Waals surface area contributed by atoms with Gasteiger partial charge in [0.15, 0.2) is 0 Å². The Bertz CT molecular complexity index is 461. The number of halogens is 5. The van der Waals surface area contributed by atoms with Gasteiger partial charge in [0.1, 0.15) is 0 Å². The quantitative estimate of drug-likeness (QED) is 0.793. The van der Waals surface area contributed by atoms with E-state index in [1.165, 1.54) is 24.3 Å². The van der Waals surface area contributed by atoms with Crippen LogP contribution in [0, 0.1) is 0 Å². The number of carbonyl (C=O) groups excluding carboxylic acids is 1. The normalized spacial score (nSPS) is 13.8. The molecule has 0 fully saturated rings. The summed E-state index contributed by atoms with van der Waals surface area (Å²) < 4.78 is 64.6. The van der Waals surface area contributed by atoms with Gasteiger partial charge in [-0.25, -0.2) is 8.78 Å². The maximum absolute atomic E-state index is 13.0. The average Bonchev–Trinajstić information content (AvgIpc) is 2.42. The van der Waals surface area contributed by atoms with E-state index in [2.05, 4.69) is 0 Å². The van der Waals surface area contributed by atoms with Crippen molar-refractivity contribution in [1.82, 2.24) is 5.32 Å². The van der Waals surface area contributed by atoms with Gasteiger partial charge in [-0.2, -0.15) is 13.2 Å². The number of hydrogen-bond donors (Lipinski definition) is 2. The minimum Gasteiger partial charge on any atom is -0.350 e. The molecule has 0 spiro atoms.